The topological polar surface area (TPSA) is 29.5 Å². The van der Waals surface area contributed by atoms with E-state index in [2.05, 4.69) is 28.9 Å². The normalized spacial score (nSPS) is 29.0. The molecule has 1 spiro atoms. The number of rotatable bonds is 2. The van der Waals surface area contributed by atoms with Crippen molar-refractivity contribution >= 4 is 15.9 Å². The van der Waals surface area contributed by atoms with Gasteiger partial charge < -0.3 is 9.84 Å². The molecule has 0 heterocycles. The van der Waals surface area contributed by atoms with Crippen LogP contribution in [0.25, 0.3) is 0 Å². The highest BCUT2D eigenvalue weighted by Crippen LogP contribution is 2.53. The van der Waals surface area contributed by atoms with Crippen molar-refractivity contribution in [3.63, 3.8) is 0 Å². The van der Waals surface area contributed by atoms with Crippen molar-refractivity contribution in [2.75, 3.05) is 0 Å². The van der Waals surface area contributed by atoms with Crippen LogP contribution in [0.1, 0.15) is 44.1 Å². The number of aryl methyl sites for hydroxylation is 1. The Hall–Kier alpha value is -0.540. The van der Waals surface area contributed by atoms with Gasteiger partial charge in [0.15, 0.2) is 0 Å². The van der Waals surface area contributed by atoms with Crippen LogP contribution >= 0.6 is 15.9 Å². The summed E-state index contributed by atoms with van der Waals surface area (Å²) in [7, 11) is 0. The Labute approximate surface area is 123 Å². The zero-order valence-electron chi connectivity index (χ0n) is 11.4. The molecule has 2 fully saturated rings. The highest BCUT2D eigenvalue weighted by Gasteiger charge is 2.56. The van der Waals surface area contributed by atoms with E-state index in [4.69, 9.17) is 4.74 Å². The fourth-order valence-corrected chi connectivity index (χ4v) is 3.86. The second-order valence-electron chi connectivity index (χ2n) is 6.06. The largest absolute Gasteiger partial charge is 0.490 e. The SMILES string of the molecule is Cc1cc(OC2CC(O)C23CCCCC3)ccc1Br. The minimum atomic E-state index is -0.158. The quantitative estimate of drug-likeness (QED) is 0.882. The summed E-state index contributed by atoms with van der Waals surface area (Å²) in [6.07, 6.45) is 6.83. The zero-order valence-corrected chi connectivity index (χ0v) is 12.9. The van der Waals surface area contributed by atoms with Crippen LogP contribution in [0.15, 0.2) is 22.7 Å². The molecule has 1 N–H and O–H groups in total. The molecule has 0 saturated heterocycles. The van der Waals surface area contributed by atoms with Gasteiger partial charge in [-0.1, -0.05) is 35.2 Å². The number of aliphatic hydroxyl groups excluding tert-OH is 1. The van der Waals surface area contributed by atoms with Crippen molar-refractivity contribution in [3.8, 4) is 5.75 Å². The number of benzene rings is 1. The highest BCUT2D eigenvalue weighted by molar-refractivity contribution is 9.10. The number of aliphatic hydroxyl groups is 1. The van der Waals surface area contributed by atoms with Crippen LogP contribution in [0, 0.1) is 12.3 Å². The maximum atomic E-state index is 10.2. The van der Waals surface area contributed by atoms with Crippen LogP contribution < -0.4 is 4.74 Å². The highest BCUT2D eigenvalue weighted by atomic mass is 79.9. The molecule has 0 bridgehead atoms. The first-order valence-electron chi connectivity index (χ1n) is 7.23. The molecule has 2 saturated carbocycles. The molecule has 2 aliphatic rings. The molecule has 3 rings (SSSR count). The molecule has 2 unspecified atom stereocenters. The molecule has 1 aromatic carbocycles. The molecular formula is C16H21BrO2. The minimum Gasteiger partial charge on any atom is -0.490 e. The van der Waals surface area contributed by atoms with Gasteiger partial charge >= 0.3 is 0 Å². The molecule has 0 amide bonds. The monoisotopic (exact) mass is 324 g/mol. The minimum absolute atomic E-state index is 0.0409. The van der Waals surface area contributed by atoms with Gasteiger partial charge in [0.25, 0.3) is 0 Å². The summed E-state index contributed by atoms with van der Waals surface area (Å²) < 4.78 is 7.28. The Balaban J connectivity index is 1.74. The summed E-state index contributed by atoms with van der Waals surface area (Å²) in [6.45, 7) is 2.07. The molecule has 3 heteroatoms. The van der Waals surface area contributed by atoms with Gasteiger partial charge in [0, 0.05) is 16.3 Å². The predicted octanol–water partition coefficient (Wildman–Crippen LogP) is 4.22. The van der Waals surface area contributed by atoms with Gasteiger partial charge in [0.05, 0.1) is 6.10 Å². The summed E-state index contributed by atoms with van der Waals surface area (Å²) in [6, 6.07) is 6.12. The van der Waals surface area contributed by atoms with Crippen molar-refractivity contribution in [1.29, 1.82) is 0 Å². The second-order valence-corrected chi connectivity index (χ2v) is 6.92. The average molecular weight is 325 g/mol. The average Bonchev–Trinajstić information content (AvgIpc) is 2.43. The van der Waals surface area contributed by atoms with E-state index in [9.17, 15) is 5.11 Å². The van der Waals surface area contributed by atoms with E-state index in [-0.39, 0.29) is 17.6 Å². The molecular weight excluding hydrogens is 304 g/mol. The van der Waals surface area contributed by atoms with Crippen molar-refractivity contribution in [2.24, 2.45) is 5.41 Å². The zero-order chi connectivity index (χ0) is 13.5. The van der Waals surface area contributed by atoms with Crippen LogP contribution in [0.4, 0.5) is 0 Å². The van der Waals surface area contributed by atoms with Crippen molar-refractivity contribution < 1.29 is 9.84 Å². The lowest BCUT2D eigenvalue weighted by Crippen LogP contribution is -2.60. The Morgan fingerprint density at radius 3 is 2.63 bits per heavy atom. The fourth-order valence-electron chi connectivity index (χ4n) is 3.61. The number of halogens is 1. The standard InChI is InChI=1S/C16H21BrO2/c1-11-9-12(5-6-13(11)17)19-15-10-14(18)16(15)7-3-2-4-8-16/h5-6,9,14-15,18H,2-4,7-8,10H2,1H3. The summed E-state index contributed by atoms with van der Waals surface area (Å²) in [4.78, 5) is 0. The Morgan fingerprint density at radius 1 is 1.26 bits per heavy atom. The molecule has 2 atom stereocenters. The number of ether oxygens (including phenoxy) is 1. The van der Waals surface area contributed by atoms with E-state index < -0.39 is 0 Å². The molecule has 2 aliphatic carbocycles. The first kappa shape index (κ1) is 13.4. The van der Waals surface area contributed by atoms with Crippen LogP contribution in [0.5, 0.6) is 5.75 Å². The van der Waals surface area contributed by atoms with Gasteiger partial charge in [-0.3, -0.25) is 0 Å². The summed E-state index contributed by atoms with van der Waals surface area (Å²) in [5.41, 5.74) is 1.23. The van der Waals surface area contributed by atoms with Crippen LogP contribution in [-0.4, -0.2) is 17.3 Å². The van der Waals surface area contributed by atoms with E-state index in [1.807, 2.05) is 12.1 Å². The molecule has 0 aliphatic heterocycles. The first-order valence-corrected chi connectivity index (χ1v) is 8.02. The number of hydrogen-bond donors (Lipinski definition) is 1. The number of hydrogen-bond acceptors (Lipinski definition) is 2. The predicted molar refractivity (Wildman–Crippen MR) is 79.4 cm³/mol. The summed E-state index contributed by atoms with van der Waals surface area (Å²) >= 11 is 3.51. The fraction of sp³-hybridized carbons (Fsp3) is 0.625. The van der Waals surface area contributed by atoms with Gasteiger partial charge in [-0.2, -0.15) is 0 Å². The lowest BCUT2D eigenvalue weighted by molar-refractivity contribution is -0.172. The third kappa shape index (κ3) is 2.31. The Morgan fingerprint density at radius 2 is 2.00 bits per heavy atom. The maximum Gasteiger partial charge on any atom is 0.120 e. The van der Waals surface area contributed by atoms with Gasteiger partial charge in [-0.05, 0) is 43.5 Å². The van der Waals surface area contributed by atoms with E-state index >= 15 is 0 Å². The van der Waals surface area contributed by atoms with Gasteiger partial charge in [0.2, 0.25) is 0 Å². The summed E-state index contributed by atoms with van der Waals surface area (Å²) in [5, 5.41) is 10.2. The van der Waals surface area contributed by atoms with Crippen molar-refractivity contribution in [2.45, 2.75) is 57.7 Å². The third-order valence-electron chi connectivity index (χ3n) is 4.93. The van der Waals surface area contributed by atoms with Crippen LogP contribution in [0.2, 0.25) is 0 Å². The Bertz CT molecular complexity index is 466. The van der Waals surface area contributed by atoms with Gasteiger partial charge in [-0.15, -0.1) is 0 Å². The smallest absolute Gasteiger partial charge is 0.120 e. The lowest BCUT2D eigenvalue weighted by Gasteiger charge is -2.55. The molecule has 0 aromatic heterocycles. The first-order chi connectivity index (χ1) is 9.12. The van der Waals surface area contributed by atoms with Crippen molar-refractivity contribution in [1.82, 2.24) is 0 Å². The molecule has 19 heavy (non-hydrogen) atoms. The van der Waals surface area contributed by atoms with Crippen molar-refractivity contribution in [3.05, 3.63) is 28.2 Å². The van der Waals surface area contributed by atoms with E-state index in [1.54, 1.807) is 0 Å². The third-order valence-corrected chi connectivity index (χ3v) is 5.82. The molecule has 1 aromatic rings. The molecule has 0 radical (unpaired) electrons. The van der Waals surface area contributed by atoms with Gasteiger partial charge in [-0.25, -0.2) is 0 Å². The van der Waals surface area contributed by atoms with Crippen LogP contribution in [-0.2, 0) is 0 Å². The molecule has 104 valence electrons. The van der Waals surface area contributed by atoms with Crippen LogP contribution in [0.3, 0.4) is 0 Å². The maximum absolute atomic E-state index is 10.2. The lowest BCUT2D eigenvalue weighted by atomic mass is 9.56. The van der Waals surface area contributed by atoms with E-state index in [1.165, 1.54) is 24.8 Å². The molecule has 2 nitrogen and oxygen atoms in total. The summed E-state index contributed by atoms with van der Waals surface area (Å²) in [5.74, 6) is 0.933. The second kappa shape index (κ2) is 5.10. The van der Waals surface area contributed by atoms with E-state index in [0.717, 1.165) is 29.5 Å². The van der Waals surface area contributed by atoms with E-state index in [0.29, 0.717) is 0 Å². The van der Waals surface area contributed by atoms with Gasteiger partial charge in [0.1, 0.15) is 11.9 Å². The Kier molecular flexibility index (Phi) is 3.61.